The highest BCUT2D eigenvalue weighted by Crippen LogP contribution is 2.10. The van der Waals surface area contributed by atoms with Crippen molar-refractivity contribution >= 4 is 0 Å². The first-order valence-electron chi connectivity index (χ1n) is 2.60. The lowest BCUT2D eigenvalue weighted by Gasteiger charge is -2.01. The van der Waals surface area contributed by atoms with Crippen LogP contribution in [0, 0.1) is 0 Å². The van der Waals surface area contributed by atoms with Gasteiger partial charge in [-0.25, -0.2) is 13.2 Å². The standard InChI is InChI=1S/C5H9F3/c1-2-3-4(6)5(7)8/h4-5H,2-3H2,1H3. The monoisotopic (exact) mass is 126 g/mol. The minimum Gasteiger partial charge on any atom is -0.241 e. The molecule has 50 valence electrons. The zero-order valence-corrected chi connectivity index (χ0v) is 4.70. The van der Waals surface area contributed by atoms with Gasteiger partial charge < -0.3 is 0 Å². The van der Waals surface area contributed by atoms with Crippen LogP contribution in [0.5, 0.6) is 0 Å². The molecule has 1 atom stereocenters. The molecule has 0 aliphatic heterocycles. The normalized spacial score (nSPS) is 14.6. The van der Waals surface area contributed by atoms with Crippen molar-refractivity contribution in [2.45, 2.75) is 32.4 Å². The number of rotatable bonds is 3. The van der Waals surface area contributed by atoms with E-state index in [0.717, 1.165) is 0 Å². The van der Waals surface area contributed by atoms with E-state index in [4.69, 9.17) is 0 Å². The molecule has 0 nitrogen and oxygen atoms in total. The summed E-state index contributed by atoms with van der Waals surface area (Å²) in [6.07, 6.45) is -4.27. The van der Waals surface area contributed by atoms with Gasteiger partial charge in [0.05, 0.1) is 0 Å². The predicted octanol–water partition coefficient (Wildman–Crippen LogP) is 2.39. The average molecular weight is 126 g/mol. The summed E-state index contributed by atoms with van der Waals surface area (Å²) in [6, 6.07) is 0. The molecule has 0 aromatic rings. The van der Waals surface area contributed by atoms with E-state index in [1.165, 1.54) is 0 Å². The third-order valence-corrected chi connectivity index (χ3v) is 0.838. The summed E-state index contributed by atoms with van der Waals surface area (Å²) in [5.74, 6) is 0. The van der Waals surface area contributed by atoms with Crippen molar-refractivity contribution < 1.29 is 13.2 Å². The number of halogens is 3. The summed E-state index contributed by atoms with van der Waals surface area (Å²) in [7, 11) is 0. The van der Waals surface area contributed by atoms with Crippen LogP contribution < -0.4 is 0 Å². The first kappa shape index (κ1) is 7.79. The van der Waals surface area contributed by atoms with Gasteiger partial charge in [-0.05, 0) is 6.42 Å². The van der Waals surface area contributed by atoms with E-state index in [1.807, 2.05) is 0 Å². The maximum atomic E-state index is 11.8. The molecule has 0 amide bonds. The average Bonchev–Trinajstić information content (AvgIpc) is 1.67. The molecule has 3 heteroatoms. The van der Waals surface area contributed by atoms with Crippen LogP contribution in [-0.4, -0.2) is 12.6 Å². The van der Waals surface area contributed by atoms with Crippen molar-refractivity contribution in [3.8, 4) is 0 Å². The van der Waals surface area contributed by atoms with Gasteiger partial charge >= 0.3 is 0 Å². The Hall–Kier alpha value is -0.210. The third-order valence-electron chi connectivity index (χ3n) is 0.838. The molecule has 0 fully saturated rings. The Balaban J connectivity index is 3.17. The number of hydrogen-bond donors (Lipinski definition) is 0. The van der Waals surface area contributed by atoms with Gasteiger partial charge in [-0.2, -0.15) is 0 Å². The molecule has 0 heterocycles. The van der Waals surface area contributed by atoms with Crippen molar-refractivity contribution in [3.05, 3.63) is 0 Å². The molecule has 0 aromatic heterocycles. The van der Waals surface area contributed by atoms with Crippen LogP contribution in [0.15, 0.2) is 0 Å². The topological polar surface area (TPSA) is 0 Å². The van der Waals surface area contributed by atoms with Crippen LogP contribution >= 0.6 is 0 Å². The molecule has 0 spiro atoms. The molecule has 0 saturated heterocycles. The van der Waals surface area contributed by atoms with Crippen LogP contribution in [-0.2, 0) is 0 Å². The van der Waals surface area contributed by atoms with Gasteiger partial charge in [0.2, 0.25) is 0 Å². The van der Waals surface area contributed by atoms with E-state index in [9.17, 15) is 13.2 Å². The molecule has 0 N–H and O–H groups in total. The van der Waals surface area contributed by atoms with Crippen molar-refractivity contribution in [2.75, 3.05) is 0 Å². The lowest BCUT2D eigenvalue weighted by atomic mass is 10.2. The second-order valence-corrected chi connectivity index (χ2v) is 1.64. The van der Waals surface area contributed by atoms with E-state index < -0.39 is 12.6 Å². The zero-order valence-electron chi connectivity index (χ0n) is 4.70. The van der Waals surface area contributed by atoms with Gasteiger partial charge in [0.1, 0.15) is 0 Å². The number of hydrogen-bond acceptors (Lipinski definition) is 0. The molecule has 1 unspecified atom stereocenters. The molecule has 0 aromatic carbocycles. The summed E-state index contributed by atoms with van der Waals surface area (Å²) < 4.78 is 34.3. The second kappa shape index (κ2) is 3.75. The zero-order chi connectivity index (χ0) is 6.57. The quantitative estimate of drug-likeness (QED) is 0.544. The fraction of sp³-hybridized carbons (Fsp3) is 1.00. The van der Waals surface area contributed by atoms with Crippen LogP contribution in [0.3, 0.4) is 0 Å². The molecule has 0 radical (unpaired) electrons. The Kier molecular flexibility index (Phi) is 3.65. The van der Waals surface area contributed by atoms with E-state index >= 15 is 0 Å². The molecule has 0 saturated carbocycles. The molecular weight excluding hydrogens is 117 g/mol. The molecule has 0 aliphatic rings. The van der Waals surface area contributed by atoms with Crippen molar-refractivity contribution in [1.29, 1.82) is 0 Å². The highest BCUT2D eigenvalue weighted by Gasteiger charge is 2.16. The predicted molar refractivity (Wildman–Crippen MR) is 25.8 cm³/mol. The summed E-state index contributed by atoms with van der Waals surface area (Å²) in [5, 5.41) is 0. The van der Waals surface area contributed by atoms with Gasteiger partial charge in [0, 0.05) is 0 Å². The van der Waals surface area contributed by atoms with E-state index in [0.29, 0.717) is 6.42 Å². The van der Waals surface area contributed by atoms with Crippen molar-refractivity contribution in [3.63, 3.8) is 0 Å². The Labute approximate surface area is 46.7 Å². The Bertz CT molecular complexity index is 53.6. The van der Waals surface area contributed by atoms with E-state index in [-0.39, 0.29) is 6.42 Å². The summed E-state index contributed by atoms with van der Waals surface area (Å²) >= 11 is 0. The van der Waals surface area contributed by atoms with Gasteiger partial charge in [-0.15, -0.1) is 0 Å². The van der Waals surface area contributed by atoms with Crippen LogP contribution in [0.4, 0.5) is 13.2 Å². The largest absolute Gasteiger partial charge is 0.269 e. The second-order valence-electron chi connectivity index (χ2n) is 1.64. The van der Waals surface area contributed by atoms with Crippen LogP contribution in [0.2, 0.25) is 0 Å². The fourth-order valence-electron chi connectivity index (χ4n) is 0.402. The van der Waals surface area contributed by atoms with Crippen molar-refractivity contribution in [1.82, 2.24) is 0 Å². The van der Waals surface area contributed by atoms with Gasteiger partial charge in [0.25, 0.3) is 6.43 Å². The first-order chi connectivity index (χ1) is 3.68. The Morgan fingerprint density at radius 3 is 1.88 bits per heavy atom. The molecule has 0 rings (SSSR count). The maximum Gasteiger partial charge on any atom is 0.269 e. The molecule has 8 heavy (non-hydrogen) atoms. The lowest BCUT2D eigenvalue weighted by molar-refractivity contribution is 0.0451. The highest BCUT2D eigenvalue weighted by molar-refractivity contribution is 4.55. The van der Waals surface area contributed by atoms with Crippen molar-refractivity contribution in [2.24, 2.45) is 0 Å². The van der Waals surface area contributed by atoms with Gasteiger partial charge in [0.15, 0.2) is 6.17 Å². The minimum atomic E-state index is -2.80. The SMILES string of the molecule is CCCC(F)C(F)F. The van der Waals surface area contributed by atoms with Gasteiger partial charge in [-0.1, -0.05) is 13.3 Å². The van der Waals surface area contributed by atoms with Crippen LogP contribution in [0.25, 0.3) is 0 Å². The maximum absolute atomic E-state index is 11.8. The molecule has 0 bridgehead atoms. The van der Waals surface area contributed by atoms with Gasteiger partial charge in [-0.3, -0.25) is 0 Å². The summed E-state index contributed by atoms with van der Waals surface area (Å²) in [4.78, 5) is 0. The highest BCUT2D eigenvalue weighted by atomic mass is 19.3. The smallest absolute Gasteiger partial charge is 0.241 e. The molecular formula is C5H9F3. The Morgan fingerprint density at radius 1 is 1.25 bits per heavy atom. The van der Waals surface area contributed by atoms with E-state index in [1.54, 1.807) is 6.92 Å². The summed E-state index contributed by atoms with van der Waals surface area (Å²) in [6.45, 7) is 1.68. The molecule has 0 aliphatic carbocycles. The summed E-state index contributed by atoms with van der Waals surface area (Å²) in [5.41, 5.74) is 0. The van der Waals surface area contributed by atoms with E-state index in [2.05, 4.69) is 0 Å². The van der Waals surface area contributed by atoms with Crippen LogP contribution in [0.1, 0.15) is 19.8 Å². The minimum absolute atomic E-state index is 0.0301. The first-order valence-corrected chi connectivity index (χ1v) is 2.60. The number of alkyl halides is 3. The Morgan fingerprint density at radius 2 is 1.75 bits per heavy atom. The lowest BCUT2D eigenvalue weighted by Crippen LogP contribution is -2.10. The third kappa shape index (κ3) is 2.88. The fourth-order valence-corrected chi connectivity index (χ4v) is 0.402.